The number of aromatic nitrogens is 2. The molecule has 1 amide bonds. The van der Waals surface area contributed by atoms with Gasteiger partial charge in [-0.2, -0.15) is 4.31 Å². The maximum Gasteiger partial charge on any atom is 0.238 e. The number of hydrogen-bond acceptors (Lipinski definition) is 9. The minimum atomic E-state index is -3.37. The molecule has 0 aliphatic carbocycles. The SMILES string of the molecule is CN(CC(=O)N1CCN(c2ccc(N3CCN(CC4CCCO4)CC3)nn2)CC1)S(C)(=O)=O. The van der Waals surface area contributed by atoms with E-state index in [2.05, 4.69) is 24.9 Å². The van der Waals surface area contributed by atoms with E-state index < -0.39 is 10.0 Å². The van der Waals surface area contributed by atoms with Gasteiger partial charge in [-0.25, -0.2) is 8.42 Å². The van der Waals surface area contributed by atoms with E-state index in [9.17, 15) is 13.2 Å². The van der Waals surface area contributed by atoms with Gasteiger partial charge < -0.3 is 19.4 Å². The summed E-state index contributed by atoms with van der Waals surface area (Å²) in [5, 5.41) is 8.90. The number of rotatable bonds is 7. The molecule has 184 valence electrons. The smallest absolute Gasteiger partial charge is 0.238 e. The van der Waals surface area contributed by atoms with Gasteiger partial charge in [-0.3, -0.25) is 9.69 Å². The summed E-state index contributed by atoms with van der Waals surface area (Å²) in [6, 6.07) is 4.02. The van der Waals surface area contributed by atoms with E-state index in [1.807, 2.05) is 12.1 Å². The molecule has 0 aromatic carbocycles. The number of likely N-dealkylation sites (N-methyl/N-ethyl adjacent to an activating group) is 1. The predicted octanol–water partition coefficient (Wildman–Crippen LogP) is -0.682. The van der Waals surface area contributed by atoms with E-state index in [0.717, 1.165) is 61.5 Å². The first-order valence-electron chi connectivity index (χ1n) is 11.7. The number of carbonyl (C=O) groups excluding carboxylic acids is 1. The number of nitrogens with zero attached hydrogens (tertiary/aromatic N) is 7. The van der Waals surface area contributed by atoms with Crippen molar-refractivity contribution in [3.63, 3.8) is 0 Å². The van der Waals surface area contributed by atoms with Gasteiger partial charge in [0.15, 0.2) is 11.6 Å². The molecular weight excluding hydrogens is 446 g/mol. The van der Waals surface area contributed by atoms with Gasteiger partial charge in [-0.15, -0.1) is 10.2 Å². The van der Waals surface area contributed by atoms with Crippen LogP contribution in [0.25, 0.3) is 0 Å². The number of amides is 1. The van der Waals surface area contributed by atoms with Crippen molar-refractivity contribution in [1.82, 2.24) is 24.3 Å². The highest BCUT2D eigenvalue weighted by atomic mass is 32.2. The minimum Gasteiger partial charge on any atom is -0.377 e. The van der Waals surface area contributed by atoms with Crippen LogP contribution in [0.4, 0.5) is 11.6 Å². The van der Waals surface area contributed by atoms with Gasteiger partial charge in [0.05, 0.1) is 18.9 Å². The zero-order valence-electron chi connectivity index (χ0n) is 19.6. The van der Waals surface area contributed by atoms with Crippen LogP contribution in [-0.4, -0.2) is 130 Å². The van der Waals surface area contributed by atoms with Crippen LogP contribution in [0.2, 0.25) is 0 Å². The van der Waals surface area contributed by atoms with E-state index in [0.29, 0.717) is 32.3 Å². The van der Waals surface area contributed by atoms with E-state index in [1.165, 1.54) is 19.9 Å². The first kappa shape index (κ1) is 24.1. The van der Waals surface area contributed by atoms with Gasteiger partial charge in [0.1, 0.15) is 0 Å². The third-order valence-electron chi connectivity index (χ3n) is 6.70. The molecule has 11 nitrogen and oxygen atoms in total. The molecule has 1 aromatic heterocycles. The van der Waals surface area contributed by atoms with Crippen LogP contribution in [-0.2, 0) is 19.6 Å². The van der Waals surface area contributed by atoms with Crippen LogP contribution in [0.3, 0.4) is 0 Å². The van der Waals surface area contributed by atoms with Gasteiger partial charge in [0, 0.05) is 72.6 Å². The topological polar surface area (TPSA) is 102 Å². The molecule has 3 fully saturated rings. The lowest BCUT2D eigenvalue weighted by Crippen LogP contribution is -2.51. The highest BCUT2D eigenvalue weighted by Gasteiger charge is 2.26. The Kier molecular flexibility index (Phi) is 7.67. The third kappa shape index (κ3) is 6.31. The second-order valence-corrected chi connectivity index (χ2v) is 11.1. The maximum absolute atomic E-state index is 12.4. The molecule has 0 spiro atoms. The van der Waals surface area contributed by atoms with Crippen molar-refractivity contribution in [1.29, 1.82) is 0 Å². The fourth-order valence-electron chi connectivity index (χ4n) is 4.48. The summed E-state index contributed by atoms with van der Waals surface area (Å²) in [5.74, 6) is 1.52. The Morgan fingerprint density at radius 1 is 1.03 bits per heavy atom. The van der Waals surface area contributed by atoms with Crippen molar-refractivity contribution < 1.29 is 17.9 Å². The maximum atomic E-state index is 12.4. The van der Waals surface area contributed by atoms with Gasteiger partial charge in [0.2, 0.25) is 15.9 Å². The highest BCUT2D eigenvalue weighted by molar-refractivity contribution is 7.88. The third-order valence-corrected chi connectivity index (χ3v) is 7.96. The van der Waals surface area contributed by atoms with E-state index >= 15 is 0 Å². The Hall–Kier alpha value is -2.02. The summed E-state index contributed by atoms with van der Waals surface area (Å²) in [6.45, 7) is 8.03. The minimum absolute atomic E-state index is 0.131. The van der Waals surface area contributed by atoms with E-state index in [1.54, 1.807) is 4.90 Å². The van der Waals surface area contributed by atoms with Gasteiger partial charge in [-0.1, -0.05) is 0 Å². The molecule has 0 saturated carbocycles. The fourth-order valence-corrected chi connectivity index (χ4v) is 4.83. The van der Waals surface area contributed by atoms with Crippen LogP contribution in [0.1, 0.15) is 12.8 Å². The van der Waals surface area contributed by atoms with Crippen LogP contribution < -0.4 is 9.80 Å². The summed E-state index contributed by atoms with van der Waals surface area (Å²) < 4.78 is 29.9. The lowest BCUT2D eigenvalue weighted by Gasteiger charge is -2.37. The summed E-state index contributed by atoms with van der Waals surface area (Å²) in [6.07, 6.45) is 3.85. The molecule has 1 unspecified atom stereocenters. The second kappa shape index (κ2) is 10.5. The van der Waals surface area contributed by atoms with Crippen LogP contribution >= 0.6 is 0 Å². The molecule has 0 bridgehead atoms. The Bertz CT molecular complexity index is 892. The van der Waals surface area contributed by atoms with Crippen molar-refractivity contribution in [2.75, 3.05) is 95.2 Å². The Labute approximate surface area is 196 Å². The average Bonchev–Trinajstić information content (AvgIpc) is 3.32. The van der Waals surface area contributed by atoms with Gasteiger partial charge >= 0.3 is 0 Å². The molecule has 33 heavy (non-hydrogen) atoms. The number of hydrogen-bond donors (Lipinski definition) is 0. The average molecular weight is 482 g/mol. The second-order valence-electron chi connectivity index (χ2n) is 9.06. The molecule has 3 aliphatic heterocycles. The lowest BCUT2D eigenvalue weighted by molar-refractivity contribution is -0.131. The first-order chi connectivity index (χ1) is 15.8. The summed E-state index contributed by atoms with van der Waals surface area (Å²) in [7, 11) is -1.95. The standard InChI is InChI=1S/C21H35N7O4S/c1-24(33(2,30)31)17-21(29)28-13-11-27(12-14-28)20-6-5-19(22-23-20)26-9-7-25(8-10-26)16-18-4-3-15-32-18/h5-6,18H,3-4,7-17H2,1-2H3. The van der Waals surface area contributed by atoms with Crippen molar-refractivity contribution in [2.24, 2.45) is 0 Å². The molecule has 1 atom stereocenters. The van der Waals surface area contributed by atoms with Crippen LogP contribution in [0, 0.1) is 0 Å². The van der Waals surface area contributed by atoms with Crippen LogP contribution in [0.15, 0.2) is 12.1 Å². The number of sulfonamides is 1. The quantitative estimate of drug-likeness (QED) is 0.501. The van der Waals surface area contributed by atoms with Gasteiger partial charge in [-0.05, 0) is 25.0 Å². The zero-order valence-corrected chi connectivity index (χ0v) is 20.4. The molecule has 3 saturated heterocycles. The molecule has 0 radical (unpaired) electrons. The van der Waals surface area contributed by atoms with Crippen molar-refractivity contribution in [3.05, 3.63) is 12.1 Å². The molecule has 4 rings (SSSR count). The molecule has 12 heteroatoms. The Morgan fingerprint density at radius 2 is 1.61 bits per heavy atom. The molecule has 0 N–H and O–H groups in total. The monoisotopic (exact) mass is 481 g/mol. The van der Waals surface area contributed by atoms with Crippen molar-refractivity contribution >= 4 is 27.6 Å². The summed E-state index contributed by atoms with van der Waals surface area (Å²) >= 11 is 0. The molecule has 3 aliphatic rings. The zero-order chi connectivity index (χ0) is 23.4. The van der Waals surface area contributed by atoms with E-state index in [4.69, 9.17) is 4.74 Å². The summed E-state index contributed by atoms with van der Waals surface area (Å²) in [5.41, 5.74) is 0. The predicted molar refractivity (Wildman–Crippen MR) is 126 cm³/mol. The Balaban J connectivity index is 1.23. The number of ether oxygens (including phenoxy) is 1. The van der Waals surface area contributed by atoms with Crippen molar-refractivity contribution in [2.45, 2.75) is 18.9 Å². The van der Waals surface area contributed by atoms with E-state index in [-0.39, 0.29) is 12.5 Å². The van der Waals surface area contributed by atoms with Crippen molar-refractivity contribution in [3.8, 4) is 0 Å². The molecule has 1 aromatic rings. The number of piperazine rings is 2. The lowest BCUT2D eigenvalue weighted by atomic mass is 10.2. The normalized spacial score (nSPS) is 22.9. The fraction of sp³-hybridized carbons (Fsp3) is 0.762. The number of anilines is 2. The van der Waals surface area contributed by atoms with Crippen LogP contribution in [0.5, 0.6) is 0 Å². The summed E-state index contributed by atoms with van der Waals surface area (Å²) in [4.78, 5) is 21.0. The number of carbonyl (C=O) groups is 1. The largest absolute Gasteiger partial charge is 0.377 e. The molecular formula is C21H35N7O4S. The molecule has 4 heterocycles. The van der Waals surface area contributed by atoms with Gasteiger partial charge in [0.25, 0.3) is 0 Å². The highest BCUT2D eigenvalue weighted by Crippen LogP contribution is 2.19. The first-order valence-corrected chi connectivity index (χ1v) is 13.5. The Morgan fingerprint density at radius 3 is 2.09 bits per heavy atom.